The van der Waals surface area contributed by atoms with Crippen LogP contribution in [0.25, 0.3) is 5.65 Å². The summed E-state index contributed by atoms with van der Waals surface area (Å²) in [5.41, 5.74) is -1.04. The van der Waals surface area contributed by atoms with Gasteiger partial charge >= 0.3 is 5.69 Å². The maximum Gasteiger partial charge on any atom is 0.350 e. The zero-order valence-electron chi connectivity index (χ0n) is 12.5. The first kappa shape index (κ1) is 15.4. The van der Waals surface area contributed by atoms with Crippen molar-refractivity contribution in [3.8, 4) is 0 Å². The van der Waals surface area contributed by atoms with E-state index in [1.807, 2.05) is 17.5 Å². The van der Waals surface area contributed by atoms with Gasteiger partial charge in [-0.25, -0.2) is 9.48 Å². The highest BCUT2D eigenvalue weighted by atomic mass is 32.1. The fourth-order valence-electron chi connectivity index (χ4n) is 2.21. The molecule has 3 heterocycles. The molecule has 2 N–H and O–H groups in total. The second-order valence-electron chi connectivity index (χ2n) is 5.40. The van der Waals surface area contributed by atoms with E-state index < -0.39 is 5.60 Å². The van der Waals surface area contributed by atoms with Crippen LogP contribution in [-0.4, -0.2) is 31.7 Å². The normalized spacial score (nSPS) is 13.8. The number of nitrogens with one attached hydrogen (secondary N) is 1. The molecule has 0 aliphatic heterocycles. The van der Waals surface area contributed by atoms with Gasteiger partial charge in [0.05, 0.1) is 6.54 Å². The zero-order chi connectivity index (χ0) is 16.4. The van der Waals surface area contributed by atoms with E-state index in [1.165, 1.54) is 15.7 Å². The van der Waals surface area contributed by atoms with E-state index in [0.717, 1.165) is 9.56 Å². The van der Waals surface area contributed by atoms with Crippen molar-refractivity contribution in [3.05, 3.63) is 57.3 Å². The topological polar surface area (TPSA) is 88.6 Å². The van der Waals surface area contributed by atoms with Crippen molar-refractivity contribution in [1.82, 2.24) is 19.5 Å². The molecule has 3 aromatic heterocycles. The smallest absolute Gasteiger partial charge is 0.350 e. The first-order valence-corrected chi connectivity index (χ1v) is 7.92. The van der Waals surface area contributed by atoms with E-state index in [0.29, 0.717) is 5.65 Å². The third-order valence-corrected chi connectivity index (χ3v) is 4.59. The number of hydrogen-bond donors (Lipinski definition) is 2. The van der Waals surface area contributed by atoms with Crippen LogP contribution in [0.3, 0.4) is 0 Å². The maximum atomic E-state index is 12.1. The second-order valence-corrected chi connectivity index (χ2v) is 6.34. The number of nitrogens with zero attached hydrogens (tertiary/aromatic N) is 3. The standard InChI is InChI=1S/C15H16N4O3S/c1-15(22,11-5-4-8-23-11)10-16-13(20)9-19-14(21)18-7-3-2-6-12(18)17-19/h2-8,22H,9-10H2,1H3,(H,16,20). The lowest BCUT2D eigenvalue weighted by molar-refractivity contribution is -0.123. The predicted molar refractivity (Wildman–Crippen MR) is 86.4 cm³/mol. The number of carbonyl (C=O) groups is 1. The molecule has 8 heteroatoms. The number of aromatic nitrogens is 3. The first-order chi connectivity index (χ1) is 11.0. The van der Waals surface area contributed by atoms with Crippen LogP contribution in [0, 0.1) is 0 Å². The molecule has 0 radical (unpaired) electrons. The minimum atomic E-state index is -1.15. The van der Waals surface area contributed by atoms with Gasteiger partial charge in [-0.15, -0.1) is 16.4 Å². The van der Waals surface area contributed by atoms with Gasteiger partial charge in [0.25, 0.3) is 0 Å². The molecule has 3 rings (SSSR count). The molecule has 1 unspecified atom stereocenters. The number of carbonyl (C=O) groups excluding carboxylic acids is 1. The molecular weight excluding hydrogens is 316 g/mol. The summed E-state index contributed by atoms with van der Waals surface area (Å²) in [5, 5.41) is 19.0. The Morgan fingerprint density at radius 3 is 2.91 bits per heavy atom. The Bertz CT molecular complexity index is 880. The second kappa shape index (κ2) is 5.98. The minimum Gasteiger partial charge on any atom is -0.383 e. The molecule has 1 atom stereocenters. The van der Waals surface area contributed by atoms with Crippen molar-refractivity contribution in [2.75, 3.05) is 6.54 Å². The van der Waals surface area contributed by atoms with Crippen LogP contribution in [0.4, 0.5) is 0 Å². The summed E-state index contributed by atoms with van der Waals surface area (Å²) in [6.45, 7) is 1.51. The Hall–Kier alpha value is -2.45. The van der Waals surface area contributed by atoms with E-state index in [4.69, 9.17) is 0 Å². The van der Waals surface area contributed by atoms with Gasteiger partial charge in [0, 0.05) is 11.1 Å². The van der Waals surface area contributed by atoms with Gasteiger partial charge in [-0.05, 0) is 30.5 Å². The van der Waals surface area contributed by atoms with Crippen LogP contribution < -0.4 is 11.0 Å². The molecule has 0 fully saturated rings. The van der Waals surface area contributed by atoms with Gasteiger partial charge < -0.3 is 10.4 Å². The Labute approximate surface area is 135 Å². The summed E-state index contributed by atoms with van der Waals surface area (Å²) >= 11 is 1.42. The number of amides is 1. The minimum absolute atomic E-state index is 0.0640. The molecule has 0 aliphatic rings. The molecule has 0 bridgehead atoms. The van der Waals surface area contributed by atoms with Gasteiger partial charge in [-0.3, -0.25) is 9.20 Å². The van der Waals surface area contributed by atoms with E-state index in [1.54, 1.807) is 31.3 Å². The highest BCUT2D eigenvalue weighted by Gasteiger charge is 2.25. The molecule has 0 saturated carbocycles. The molecule has 0 aromatic carbocycles. The number of rotatable bonds is 5. The molecule has 0 saturated heterocycles. The SMILES string of the molecule is CC(O)(CNC(=O)Cn1nc2ccccn2c1=O)c1cccs1. The molecule has 7 nitrogen and oxygen atoms in total. The van der Waals surface area contributed by atoms with Gasteiger partial charge in [-0.2, -0.15) is 0 Å². The summed E-state index contributed by atoms with van der Waals surface area (Å²) in [7, 11) is 0. The largest absolute Gasteiger partial charge is 0.383 e. The van der Waals surface area contributed by atoms with E-state index in [2.05, 4.69) is 10.4 Å². The Balaban J connectivity index is 1.67. The fraction of sp³-hybridized carbons (Fsp3) is 0.267. The lowest BCUT2D eigenvalue weighted by atomic mass is 10.1. The zero-order valence-corrected chi connectivity index (χ0v) is 13.3. The summed E-state index contributed by atoms with van der Waals surface area (Å²) < 4.78 is 2.47. The average molecular weight is 332 g/mol. The van der Waals surface area contributed by atoms with Crippen LogP contribution in [0.2, 0.25) is 0 Å². The number of aliphatic hydroxyl groups is 1. The average Bonchev–Trinajstić information content (AvgIpc) is 3.16. The fourth-order valence-corrected chi connectivity index (χ4v) is 2.99. The monoisotopic (exact) mass is 332 g/mol. The Morgan fingerprint density at radius 2 is 2.22 bits per heavy atom. The molecule has 23 heavy (non-hydrogen) atoms. The summed E-state index contributed by atoms with van der Waals surface area (Å²) in [6.07, 6.45) is 1.60. The van der Waals surface area contributed by atoms with Crippen LogP contribution in [-0.2, 0) is 16.9 Å². The molecule has 0 spiro atoms. The molecular formula is C15H16N4O3S. The van der Waals surface area contributed by atoms with Gasteiger partial charge in [0.1, 0.15) is 12.1 Å². The third kappa shape index (κ3) is 3.17. The van der Waals surface area contributed by atoms with E-state index >= 15 is 0 Å². The quantitative estimate of drug-likeness (QED) is 0.715. The summed E-state index contributed by atoms with van der Waals surface area (Å²) in [5.74, 6) is -0.382. The van der Waals surface area contributed by atoms with Crippen molar-refractivity contribution >= 4 is 22.9 Å². The van der Waals surface area contributed by atoms with Crippen molar-refractivity contribution in [1.29, 1.82) is 0 Å². The van der Waals surface area contributed by atoms with Crippen molar-refractivity contribution < 1.29 is 9.90 Å². The van der Waals surface area contributed by atoms with E-state index in [-0.39, 0.29) is 24.7 Å². The van der Waals surface area contributed by atoms with Gasteiger partial charge in [0.15, 0.2) is 5.65 Å². The van der Waals surface area contributed by atoms with E-state index in [9.17, 15) is 14.7 Å². The Morgan fingerprint density at radius 1 is 1.39 bits per heavy atom. The predicted octanol–water partition coefficient (Wildman–Crippen LogP) is 0.581. The number of hydrogen-bond acceptors (Lipinski definition) is 5. The summed E-state index contributed by atoms with van der Waals surface area (Å²) in [6, 6.07) is 8.83. The van der Waals surface area contributed by atoms with Gasteiger partial charge in [0.2, 0.25) is 5.91 Å². The van der Waals surface area contributed by atoms with Crippen molar-refractivity contribution in [3.63, 3.8) is 0 Å². The number of fused-ring (bicyclic) bond motifs is 1. The highest BCUT2D eigenvalue weighted by Crippen LogP contribution is 2.24. The maximum absolute atomic E-state index is 12.1. The van der Waals surface area contributed by atoms with Gasteiger partial charge in [-0.1, -0.05) is 12.1 Å². The lowest BCUT2D eigenvalue weighted by Crippen LogP contribution is -2.40. The van der Waals surface area contributed by atoms with Crippen LogP contribution in [0.15, 0.2) is 46.7 Å². The van der Waals surface area contributed by atoms with Crippen molar-refractivity contribution in [2.45, 2.75) is 19.1 Å². The van der Waals surface area contributed by atoms with Crippen LogP contribution in [0.5, 0.6) is 0 Å². The van der Waals surface area contributed by atoms with Crippen molar-refractivity contribution in [2.24, 2.45) is 0 Å². The molecule has 1 amide bonds. The lowest BCUT2D eigenvalue weighted by Gasteiger charge is -2.22. The number of pyridine rings is 1. The molecule has 3 aromatic rings. The third-order valence-electron chi connectivity index (χ3n) is 3.46. The molecule has 120 valence electrons. The number of thiophene rings is 1. The molecule has 0 aliphatic carbocycles. The Kier molecular flexibility index (Phi) is 4.01. The van der Waals surface area contributed by atoms with Crippen LogP contribution >= 0.6 is 11.3 Å². The first-order valence-electron chi connectivity index (χ1n) is 7.05. The summed E-state index contributed by atoms with van der Waals surface area (Å²) in [4.78, 5) is 24.9. The van der Waals surface area contributed by atoms with Crippen LogP contribution in [0.1, 0.15) is 11.8 Å². The highest BCUT2D eigenvalue weighted by molar-refractivity contribution is 7.10.